The van der Waals surface area contributed by atoms with Crippen molar-refractivity contribution in [2.24, 2.45) is 5.92 Å². The Balaban J connectivity index is 0.000000270. The molecule has 1 aliphatic rings. The maximum atomic E-state index is 12.0. The third kappa shape index (κ3) is 7.04. The summed E-state index contributed by atoms with van der Waals surface area (Å²) in [6.45, 7) is 7.82. The molecule has 1 N–H and O–H groups in total. The number of Topliss-reactive ketones (excluding diaryl/α,β-unsaturated/α-hetero) is 1. The third-order valence-corrected chi connectivity index (χ3v) is 3.13. The molecule has 1 atom stereocenters. The van der Waals surface area contributed by atoms with Crippen molar-refractivity contribution in [3.8, 4) is 0 Å². The molecule has 1 aromatic carbocycles. The van der Waals surface area contributed by atoms with Crippen molar-refractivity contribution < 1.29 is 14.3 Å². The van der Waals surface area contributed by atoms with Gasteiger partial charge in [-0.15, -0.1) is 0 Å². The van der Waals surface area contributed by atoms with E-state index in [9.17, 15) is 9.59 Å². The zero-order chi connectivity index (χ0) is 15.7. The molecule has 4 heteroatoms. The Morgan fingerprint density at radius 1 is 1.29 bits per heavy atom. The van der Waals surface area contributed by atoms with E-state index in [1.807, 2.05) is 51.1 Å². The smallest absolute Gasteiger partial charge is 0.293 e. The molecule has 2 rings (SSSR count). The Kier molecular flexibility index (Phi) is 7.09. The van der Waals surface area contributed by atoms with Gasteiger partial charge >= 0.3 is 0 Å². The van der Waals surface area contributed by atoms with E-state index in [0.29, 0.717) is 6.47 Å². The van der Waals surface area contributed by atoms with Crippen molar-refractivity contribution in [2.75, 3.05) is 13.1 Å². The lowest BCUT2D eigenvalue weighted by Crippen LogP contribution is -2.34. The molecule has 1 aliphatic heterocycles. The van der Waals surface area contributed by atoms with Gasteiger partial charge in [-0.2, -0.15) is 0 Å². The van der Waals surface area contributed by atoms with E-state index in [4.69, 9.17) is 0 Å². The monoisotopic (exact) mass is 291 g/mol. The molecule has 21 heavy (non-hydrogen) atoms. The first kappa shape index (κ1) is 17.4. The SMILES string of the molecule is CC(C)(C)OC=O.O=C(c1ccccc1)C1CCCNC1. The molecule has 0 saturated carbocycles. The minimum Gasteiger partial charge on any atom is -0.462 e. The number of benzene rings is 1. The van der Waals surface area contributed by atoms with Crippen LogP contribution in [0.1, 0.15) is 44.0 Å². The number of nitrogens with one attached hydrogen (secondary N) is 1. The van der Waals surface area contributed by atoms with E-state index in [1.165, 1.54) is 0 Å². The number of ether oxygens (including phenoxy) is 1. The summed E-state index contributed by atoms with van der Waals surface area (Å²) in [5, 5.41) is 3.26. The number of carbonyl (C=O) groups is 2. The summed E-state index contributed by atoms with van der Waals surface area (Å²) in [6, 6.07) is 9.58. The van der Waals surface area contributed by atoms with Crippen molar-refractivity contribution in [3.05, 3.63) is 35.9 Å². The summed E-state index contributed by atoms with van der Waals surface area (Å²) >= 11 is 0. The van der Waals surface area contributed by atoms with Gasteiger partial charge in [0.1, 0.15) is 5.60 Å². The molecule has 0 amide bonds. The fraction of sp³-hybridized carbons (Fsp3) is 0.529. The van der Waals surface area contributed by atoms with E-state index in [0.717, 1.165) is 31.5 Å². The highest BCUT2D eigenvalue weighted by Crippen LogP contribution is 2.16. The van der Waals surface area contributed by atoms with Crippen LogP contribution in [0.3, 0.4) is 0 Å². The predicted octanol–water partition coefficient (Wildman–Crippen LogP) is 2.83. The van der Waals surface area contributed by atoms with Crippen molar-refractivity contribution in [2.45, 2.75) is 39.2 Å². The molecule has 1 heterocycles. The van der Waals surface area contributed by atoms with E-state index in [-0.39, 0.29) is 17.3 Å². The summed E-state index contributed by atoms with van der Waals surface area (Å²) in [5.74, 6) is 0.476. The van der Waals surface area contributed by atoms with Crippen LogP contribution in [0.2, 0.25) is 0 Å². The van der Waals surface area contributed by atoms with Crippen LogP contribution in [0, 0.1) is 5.92 Å². The number of hydrogen-bond donors (Lipinski definition) is 1. The van der Waals surface area contributed by atoms with Gasteiger partial charge in [0.2, 0.25) is 0 Å². The Hall–Kier alpha value is -1.68. The van der Waals surface area contributed by atoms with E-state index in [2.05, 4.69) is 10.1 Å². The van der Waals surface area contributed by atoms with Gasteiger partial charge in [-0.25, -0.2) is 0 Å². The van der Waals surface area contributed by atoms with Gasteiger partial charge in [0, 0.05) is 18.0 Å². The Morgan fingerprint density at radius 3 is 2.38 bits per heavy atom. The molecule has 0 radical (unpaired) electrons. The quantitative estimate of drug-likeness (QED) is 0.687. The van der Waals surface area contributed by atoms with Gasteiger partial charge in [0.05, 0.1) is 0 Å². The van der Waals surface area contributed by atoms with Crippen LogP contribution in [0.15, 0.2) is 30.3 Å². The fourth-order valence-electron chi connectivity index (χ4n) is 2.06. The summed E-state index contributed by atoms with van der Waals surface area (Å²) < 4.78 is 4.55. The second-order valence-corrected chi connectivity index (χ2v) is 6.10. The van der Waals surface area contributed by atoms with Crippen LogP contribution in [0.4, 0.5) is 0 Å². The number of carbonyl (C=O) groups excluding carboxylic acids is 2. The van der Waals surface area contributed by atoms with Crippen molar-refractivity contribution in [1.82, 2.24) is 5.32 Å². The molecule has 1 unspecified atom stereocenters. The van der Waals surface area contributed by atoms with Gasteiger partial charge in [-0.3, -0.25) is 9.59 Å². The highest BCUT2D eigenvalue weighted by Gasteiger charge is 2.21. The second kappa shape index (κ2) is 8.57. The van der Waals surface area contributed by atoms with Crippen LogP contribution >= 0.6 is 0 Å². The van der Waals surface area contributed by atoms with E-state index < -0.39 is 0 Å². The molecular formula is C17H25NO3. The molecule has 0 bridgehead atoms. The highest BCUT2D eigenvalue weighted by molar-refractivity contribution is 5.98. The van der Waals surface area contributed by atoms with Crippen LogP contribution < -0.4 is 5.32 Å². The third-order valence-electron chi connectivity index (χ3n) is 3.13. The largest absolute Gasteiger partial charge is 0.462 e. The van der Waals surface area contributed by atoms with Crippen molar-refractivity contribution >= 4 is 12.3 Å². The maximum Gasteiger partial charge on any atom is 0.293 e. The lowest BCUT2D eigenvalue weighted by atomic mass is 9.91. The average Bonchev–Trinajstić information content (AvgIpc) is 2.48. The van der Waals surface area contributed by atoms with Crippen molar-refractivity contribution in [3.63, 3.8) is 0 Å². The van der Waals surface area contributed by atoms with Crippen LogP contribution in [0.25, 0.3) is 0 Å². The molecule has 1 saturated heterocycles. The lowest BCUT2D eigenvalue weighted by Gasteiger charge is -2.21. The first-order chi connectivity index (χ1) is 9.94. The number of piperidine rings is 1. The molecule has 0 aliphatic carbocycles. The van der Waals surface area contributed by atoms with Gasteiger partial charge in [0.15, 0.2) is 5.78 Å². The number of rotatable bonds is 3. The highest BCUT2D eigenvalue weighted by atomic mass is 16.5. The zero-order valence-corrected chi connectivity index (χ0v) is 13.1. The number of hydrogen-bond acceptors (Lipinski definition) is 4. The predicted molar refractivity (Wildman–Crippen MR) is 83.3 cm³/mol. The Bertz CT molecular complexity index is 431. The van der Waals surface area contributed by atoms with E-state index >= 15 is 0 Å². The molecule has 0 aromatic heterocycles. The summed E-state index contributed by atoms with van der Waals surface area (Å²) in [4.78, 5) is 21.6. The molecule has 1 fully saturated rings. The van der Waals surface area contributed by atoms with Crippen LogP contribution in [-0.2, 0) is 9.53 Å². The summed E-state index contributed by atoms with van der Waals surface area (Å²) in [6.07, 6.45) is 2.14. The topological polar surface area (TPSA) is 55.4 Å². The minimum absolute atomic E-state index is 0.186. The molecule has 4 nitrogen and oxygen atoms in total. The van der Waals surface area contributed by atoms with Gasteiger partial charge in [0.25, 0.3) is 6.47 Å². The minimum atomic E-state index is -0.318. The first-order valence-corrected chi connectivity index (χ1v) is 7.35. The zero-order valence-electron chi connectivity index (χ0n) is 13.1. The fourth-order valence-corrected chi connectivity index (χ4v) is 2.06. The molecular weight excluding hydrogens is 266 g/mol. The Labute approximate surface area is 126 Å². The van der Waals surface area contributed by atoms with Crippen LogP contribution in [0.5, 0.6) is 0 Å². The summed E-state index contributed by atoms with van der Waals surface area (Å²) in [7, 11) is 0. The van der Waals surface area contributed by atoms with Gasteiger partial charge in [-0.1, -0.05) is 30.3 Å². The first-order valence-electron chi connectivity index (χ1n) is 7.35. The van der Waals surface area contributed by atoms with Gasteiger partial charge < -0.3 is 10.1 Å². The average molecular weight is 291 g/mol. The maximum absolute atomic E-state index is 12.0. The number of ketones is 1. The van der Waals surface area contributed by atoms with E-state index in [1.54, 1.807) is 0 Å². The van der Waals surface area contributed by atoms with Crippen molar-refractivity contribution in [1.29, 1.82) is 0 Å². The normalized spacial score (nSPS) is 18.1. The molecule has 0 spiro atoms. The molecule has 116 valence electrons. The van der Waals surface area contributed by atoms with Gasteiger partial charge in [-0.05, 0) is 40.2 Å². The lowest BCUT2D eigenvalue weighted by molar-refractivity contribution is -0.138. The second-order valence-electron chi connectivity index (χ2n) is 6.10. The standard InChI is InChI=1S/C12H15NO.C5H10O2/c14-12(10-5-2-1-3-6-10)11-7-4-8-13-9-11;1-5(2,3)7-4-6/h1-3,5-6,11,13H,4,7-9H2;4H,1-3H3. The Morgan fingerprint density at radius 2 is 1.95 bits per heavy atom. The summed E-state index contributed by atoms with van der Waals surface area (Å²) in [5.41, 5.74) is 0.531. The molecule has 1 aromatic rings. The van der Waals surface area contributed by atoms with Crippen LogP contribution in [-0.4, -0.2) is 30.9 Å².